The van der Waals surface area contributed by atoms with Gasteiger partial charge in [-0.05, 0) is 32.4 Å². The number of nitrogens with two attached hydrogens (primary N) is 2. The number of allylic oxidation sites excluding steroid dienone is 8. The molecule has 4 N–H and O–H groups in total. The second-order valence-electron chi connectivity index (χ2n) is 4.06. The zero-order valence-corrected chi connectivity index (χ0v) is 12.5. The maximum atomic E-state index is 11.1. The van der Waals surface area contributed by atoms with E-state index in [9.17, 15) is 9.59 Å². The van der Waals surface area contributed by atoms with E-state index in [-0.39, 0.29) is 0 Å². The number of rotatable bonds is 8. The van der Waals surface area contributed by atoms with Crippen LogP contribution < -0.4 is 11.5 Å². The van der Waals surface area contributed by atoms with Gasteiger partial charge in [0.1, 0.15) is 0 Å². The Hall–Kier alpha value is -2.62. The lowest BCUT2D eigenvalue weighted by atomic mass is 10.2. The van der Waals surface area contributed by atoms with Crippen molar-refractivity contribution in [3.05, 3.63) is 71.9 Å². The summed E-state index contributed by atoms with van der Waals surface area (Å²) in [7, 11) is 0. The summed E-state index contributed by atoms with van der Waals surface area (Å²) in [6.07, 6.45) is 18.0. The van der Waals surface area contributed by atoms with Crippen LogP contribution in [0.25, 0.3) is 0 Å². The number of carbonyl (C=O) groups is 2. The molecule has 0 spiro atoms. The predicted molar refractivity (Wildman–Crippen MR) is 87.1 cm³/mol. The highest BCUT2D eigenvalue weighted by Gasteiger charge is 1.97. The summed E-state index contributed by atoms with van der Waals surface area (Å²) in [4.78, 5) is 22.1. The number of hydrogen-bond donors (Lipinski definition) is 2. The number of amides is 2. The van der Waals surface area contributed by atoms with Crippen molar-refractivity contribution in [1.29, 1.82) is 0 Å². The van der Waals surface area contributed by atoms with Gasteiger partial charge in [-0.25, -0.2) is 0 Å². The number of carbonyl (C=O) groups excluding carboxylic acids is 2. The van der Waals surface area contributed by atoms with E-state index in [1.54, 1.807) is 48.6 Å². The Kier molecular flexibility index (Phi) is 9.83. The minimum atomic E-state index is -0.464. The van der Waals surface area contributed by atoms with Crippen LogP contribution >= 0.6 is 0 Å². The fraction of sp³-hybridized carbons (Fsp3) is 0.176. The summed E-state index contributed by atoms with van der Waals surface area (Å²) < 4.78 is 0. The molecule has 0 aromatic rings. The predicted octanol–water partition coefficient (Wildman–Crippen LogP) is 2.46. The molecule has 2 amide bonds. The molecule has 0 aliphatic carbocycles. The Bertz CT molecular complexity index is 485. The van der Waals surface area contributed by atoms with Crippen LogP contribution in [-0.4, -0.2) is 11.8 Å². The Morgan fingerprint density at radius 2 is 1.19 bits per heavy atom. The van der Waals surface area contributed by atoms with Crippen LogP contribution in [0.15, 0.2) is 71.9 Å². The summed E-state index contributed by atoms with van der Waals surface area (Å²) in [5, 5.41) is 0. The normalized spacial score (nSPS) is 14.0. The highest BCUT2D eigenvalue weighted by molar-refractivity contribution is 5.95. The summed E-state index contributed by atoms with van der Waals surface area (Å²) in [5.74, 6) is -0.928. The van der Waals surface area contributed by atoms with Gasteiger partial charge in [0.15, 0.2) is 0 Å². The second kappa shape index (κ2) is 11.2. The third-order valence-electron chi connectivity index (χ3n) is 2.36. The fourth-order valence-corrected chi connectivity index (χ4v) is 1.38. The standard InChI is InChI=1S/C17H22N2O2/c1-3-10-14(16(18)20)12-8-6-5-7-9-13-15(11-4-2)17(19)21/h3-4,6-13H,5H2,1-2H3,(H2,18,20)(H2,19,21)/b8-6+,9-7+,10-3+,11-4+,14-12-,15-13-. The molecule has 0 aromatic heterocycles. The molecule has 0 saturated heterocycles. The van der Waals surface area contributed by atoms with Crippen LogP contribution in [0, 0.1) is 0 Å². The van der Waals surface area contributed by atoms with Crippen LogP contribution in [0.5, 0.6) is 0 Å². The molecule has 0 unspecified atom stereocenters. The van der Waals surface area contributed by atoms with Gasteiger partial charge in [-0.2, -0.15) is 0 Å². The maximum Gasteiger partial charge on any atom is 0.248 e. The van der Waals surface area contributed by atoms with Crippen molar-refractivity contribution >= 4 is 11.8 Å². The van der Waals surface area contributed by atoms with Crippen LogP contribution in [0.4, 0.5) is 0 Å². The molecule has 4 heteroatoms. The van der Waals surface area contributed by atoms with Gasteiger partial charge in [0.05, 0.1) is 0 Å². The topological polar surface area (TPSA) is 86.2 Å². The first-order valence-electron chi connectivity index (χ1n) is 6.61. The highest BCUT2D eigenvalue weighted by Crippen LogP contribution is 1.99. The molecular formula is C17H22N2O2. The van der Waals surface area contributed by atoms with Crippen LogP contribution in [0.3, 0.4) is 0 Å². The second-order valence-corrected chi connectivity index (χ2v) is 4.06. The average molecular weight is 286 g/mol. The van der Waals surface area contributed by atoms with Crippen LogP contribution in [0.2, 0.25) is 0 Å². The van der Waals surface area contributed by atoms with Crippen molar-refractivity contribution in [2.24, 2.45) is 11.5 Å². The Morgan fingerprint density at radius 3 is 1.48 bits per heavy atom. The van der Waals surface area contributed by atoms with Gasteiger partial charge in [-0.3, -0.25) is 9.59 Å². The molecule has 0 saturated carbocycles. The van der Waals surface area contributed by atoms with Crippen molar-refractivity contribution in [2.45, 2.75) is 20.3 Å². The molecule has 4 nitrogen and oxygen atoms in total. The van der Waals surface area contributed by atoms with E-state index in [1.165, 1.54) is 0 Å². The minimum Gasteiger partial charge on any atom is -0.366 e. The molecule has 0 aromatic carbocycles. The first-order valence-corrected chi connectivity index (χ1v) is 6.61. The molecule has 0 aliphatic rings. The zero-order valence-electron chi connectivity index (χ0n) is 12.5. The lowest BCUT2D eigenvalue weighted by Gasteiger charge is -1.92. The van der Waals surface area contributed by atoms with E-state index in [0.29, 0.717) is 17.6 Å². The third kappa shape index (κ3) is 8.99. The van der Waals surface area contributed by atoms with E-state index in [0.717, 1.165) is 0 Å². The van der Waals surface area contributed by atoms with E-state index in [4.69, 9.17) is 11.5 Å². The van der Waals surface area contributed by atoms with Gasteiger partial charge in [-0.1, -0.05) is 48.6 Å². The average Bonchev–Trinajstić information content (AvgIpc) is 2.43. The van der Waals surface area contributed by atoms with E-state index in [1.807, 2.05) is 26.0 Å². The highest BCUT2D eigenvalue weighted by atomic mass is 16.1. The first kappa shape index (κ1) is 18.4. The maximum absolute atomic E-state index is 11.1. The van der Waals surface area contributed by atoms with Gasteiger partial charge in [0.25, 0.3) is 0 Å². The van der Waals surface area contributed by atoms with Crippen molar-refractivity contribution in [3.8, 4) is 0 Å². The SMILES string of the molecule is C/C=C/C(=C/C=C/C/C=C/C=C(/C=C/C)C(N)=O)C(N)=O. The van der Waals surface area contributed by atoms with Crippen molar-refractivity contribution in [2.75, 3.05) is 0 Å². The number of primary amides is 2. The number of hydrogen-bond acceptors (Lipinski definition) is 2. The first-order chi connectivity index (χ1) is 10.0. The van der Waals surface area contributed by atoms with Crippen molar-refractivity contribution in [1.82, 2.24) is 0 Å². The quantitative estimate of drug-likeness (QED) is 0.530. The summed E-state index contributed by atoms with van der Waals surface area (Å²) in [5.41, 5.74) is 11.3. The molecule has 112 valence electrons. The minimum absolute atomic E-state index is 0.446. The fourth-order valence-electron chi connectivity index (χ4n) is 1.38. The molecule has 0 heterocycles. The monoisotopic (exact) mass is 286 g/mol. The Balaban J connectivity index is 4.55. The molecule has 0 radical (unpaired) electrons. The molecule has 0 aliphatic heterocycles. The Labute approximate surface area is 125 Å². The molecule has 0 fully saturated rings. The molecule has 0 bridgehead atoms. The Morgan fingerprint density at radius 1 is 0.810 bits per heavy atom. The van der Waals surface area contributed by atoms with Crippen molar-refractivity contribution in [3.63, 3.8) is 0 Å². The smallest absolute Gasteiger partial charge is 0.248 e. The van der Waals surface area contributed by atoms with Crippen LogP contribution in [0.1, 0.15) is 20.3 Å². The van der Waals surface area contributed by atoms with Gasteiger partial charge in [0, 0.05) is 11.1 Å². The molecular weight excluding hydrogens is 264 g/mol. The molecule has 0 atom stereocenters. The summed E-state index contributed by atoms with van der Waals surface area (Å²) in [6, 6.07) is 0. The van der Waals surface area contributed by atoms with Gasteiger partial charge >= 0.3 is 0 Å². The van der Waals surface area contributed by atoms with Gasteiger partial charge < -0.3 is 11.5 Å². The van der Waals surface area contributed by atoms with Crippen LogP contribution in [-0.2, 0) is 9.59 Å². The third-order valence-corrected chi connectivity index (χ3v) is 2.36. The lowest BCUT2D eigenvalue weighted by Crippen LogP contribution is -2.12. The van der Waals surface area contributed by atoms with E-state index >= 15 is 0 Å². The lowest BCUT2D eigenvalue weighted by molar-refractivity contribution is -0.115. The molecule has 21 heavy (non-hydrogen) atoms. The van der Waals surface area contributed by atoms with Gasteiger partial charge in [0.2, 0.25) is 11.8 Å². The van der Waals surface area contributed by atoms with E-state index < -0.39 is 11.8 Å². The molecule has 0 rings (SSSR count). The van der Waals surface area contributed by atoms with Gasteiger partial charge in [-0.15, -0.1) is 0 Å². The summed E-state index contributed by atoms with van der Waals surface area (Å²) >= 11 is 0. The largest absolute Gasteiger partial charge is 0.366 e. The summed E-state index contributed by atoms with van der Waals surface area (Å²) in [6.45, 7) is 3.63. The van der Waals surface area contributed by atoms with E-state index in [2.05, 4.69) is 0 Å². The zero-order chi connectivity index (χ0) is 16.1. The van der Waals surface area contributed by atoms with Crippen molar-refractivity contribution < 1.29 is 9.59 Å².